The van der Waals surface area contributed by atoms with E-state index in [1.807, 2.05) is 28.9 Å². The SMILES string of the molecule is Bc1cnc(Nc2cnn(C)c2C)nc1NC. The van der Waals surface area contributed by atoms with Crippen molar-refractivity contribution in [1.82, 2.24) is 19.7 Å². The van der Waals surface area contributed by atoms with Gasteiger partial charge in [-0.3, -0.25) is 4.68 Å². The molecule has 0 aliphatic carbocycles. The van der Waals surface area contributed by atoms with Crippen molar-refractivity contribution < 1.29 is 0 Å². The fourth-order valence-electron chi connectivity index (χ4n) is 1.50. The number of aryl methyl sites for hydroxylation is 1. The predicted octanol–water partition coefficient (Wildman–Crippen LogP) is -0.438. The van der Waals surface area contributed by atoms with E-state index in [2.05, 4.69) is 25.7 Å². The summed E-state index contributed by atoms with van der Waals surface area (Å²) in [6.45, 7) is 1.99. The van der Waals surface area contributed by atoms with Crippen molar-refractivity contribution in [2.45, 2.75) is 6.92 Å². The molecule has 7 heteroatoms. The summed E-state index contributed by atoms with van der Waals surface area (Å²) >= 11 is 0. The summed E-state index contributed by atoms with van der Waals surface area (Å²) in [5, 5.41) is 10.3. The third-order valence-electron chi connectivity index (χ3n) is 2.69. The van der Waals surface area contributed by atoms with Crippen molar-refractivity contribution in [2.24, 2.45) is 7.05 Å². The molecule has 88 valence electrons. The summed E-state index contributed by atoms with van der Waals surface area (Å²) < 4.78 is 1.80. The topological polar surface area (TPSA) is 67.7 Å². The van der Waals surface area contributed by atoms with Crippen LogP contribution in [0.4, 0.5) is 17.5 Å². The summed E-state index contributed by atoms with van der Waals surface area (Å²) in [6, 6.07) is 0. The van der Waals surface area contributed by atoms with Crippen molar-refractivity contribution in [1.29, 1.82) is 0 Å². The molecule has 17 heavy (non-hydrogen) atoms. The highest BCUT2D eigenvalue weighted by Crippen LogP contribution is 2.16. The smallest absolute Gasteiger partial charge is 0.229 e. The quantitative estimate of drug-likeness (QED) is 0.700. The van der Waals surface area contributed by atoms with Gasteiger partial charge in [-0.25, -0.2) is 4.98 Å². The first-order valence-electron chi connectivity index (χ1n) is 5.39. The van der Waals surface area contributed by atoms with Gasteiger partial charge >= 0.3 is 0 Å². The molecule has 0 aromatic carbocycles. The highest BCUT2D eigenvalue weighted by molar-refractivity contribution is 6.35. The molecule has 2 N–H and O–H groups in total. The molecule has 0 spiro atoms. The van der Waals surface area contributed by atoms with Crippen LogP contribution in [0.2, 0.25) is 0 Å². The molecule has 0 aliphatic rings. The van der Waals surface area contributed by atoms with Crippen molar-refractivity contribution in [3.63, 3.8) is 0 Å². The first-order chi connectivity index (χ1) is 8.11. The summed E-state index contributed by atoms with van der Waals surface area (Å²) in [6.07, 6.45) is 3.55. The molecule has 0 aliphatic heterocycles. The highest BCUT2D eigenvalue weighted by Gasteiger charge is 2.06. The Kier molecular flexibility index (Phi) is 2.99. The second-order valence-electron chi connectivity index (χ2n) is 3.87. The van der Waals surface area contributed by atoms with E-state index in [-0.39, 0.29) is 0 Å². The van der Waals surface area contributed by atoms with E-state index in [4.69, 9.17) is 0 Å². The summed E-state index contributed by atoms with van der Waals surface area (Å²) in [5.74, 6) is 1.39. The largest absolute Gasteiger partial charge is 0.373 e. The maximum absolute atomic E-state index is 4.37. The monoisotopic (exact) mass is 230 g/mol. The van der Waals surface area contributed by atoms with Crippen molar-refractivity contribution >= 4 is 30.8 Å². The summed E-state index contributed by atoms with van der Waals surface area (Å²) in [5.41, 5.74) is 2.97. The maximum atomic E-state index is 4.37. The number of anilines is 3. The molecule has 0 unspecified atom stereocenters. The van der Waals surface area contributed by atoms with Crippen LogP contribution in [-0.4, -0.2) is 34.6 Å². The van der Waals surface area contributed by atoms with Gasteiger partial charge in [-0.2, -0.15) is 10.1 Å². The Morgan fingerprint density at radius 3 is 2.71 bits per heavy atom. The van der Waals surface area contributed by atoms with Crippen LogP contribution in [0.25, 0.3) is 0 Å². The number of hydrogen-bond donors (Lipinski definition) is 2. The maximum Gasteiger partial charge on any atom is 0.229 e. The van der Waals surface area contributed by atoms with E-state index in [1.54, 1.807) is 17.1 Å². The lowest BCUT2D eigenvalue weighted by molar-refractivity contribution is 0.740. The Morgan fingerprint density at radius 2 is 2.12 bits per heavy atom. The number of rotatable bonds is 3. The second kappa shape index (κ2) is 4.44. The number of nitrogens with one attached hydrogen (secondary N) is 2. The van der Waals surface area contributed by atoms with Crippen molar-refractivity contribution in [3.05, 3.63) is 18.1 Å². The lowest BCUT2D eigenvalue weighted by Crippen LogP contribution is -2.14. The van der Waals surface area contributed by atoms with Crippen LogP contribution >= 0.6 is 0 Å². The minimum atomic E-state index is 0.566. The molecular weight excluding hydrogens is 215 g/mol. The Morgan fingerprint density at radius 1 is 1.35 bits per heavy atom. The first kappa shape index (κ1) is 11.4. The van der Waals surface area contributed by atoms with Crippen molar-refractivity contribution in [2.75, 3.05) is 17.7 Å². The van der Waals surface area contributed by atoms with E-state index < -0.39 is 0 Å². The molecule has 0 amide bonds. The standard InChI is InChI=1S/C10H15BN6/c1-6-8(5-14-17(6)3)15-10-13-4-7(11)9(12-2)16-10/h4-5H,11H2,1-3H3,(H2,12,13,15,16). The number of aromatic nitrogens is 4. The van der Waals surface area contributed by atoms with Crippen LogP contribution in [0.5, 0.6) is 0 Å². The first-order valence-corrected chi connectivity index (χ1v) is 5.39. The average molecular weight is 230 g/mol. The van der Waals surface area contributed by atoms with Gasteiger partial charge in [0.15, 0.2) is 0 Å². The number of nitrogens with zero attached hydrogens (tertiary/aromatic N) is 4. The molecule has 0 atom stereocenters. The molecule has 0 bridgehead atoms. The van der Waals surface area contributed by atoms with Gasteiger partial charge in [0, 0.05) is 20.3 Å². The Hall–Kier alpha value is -2.05. The molecule has 2 aromatic rings. The molecule has 2 heterocycles. The van der Waals surface area contributed by atoms with Gasteiger partial charge in [-0.1, -0.05) is 0 Å². The molecule has 0 radical (unpaired) electrons. The minimum absolute atomic E-state index is 0.566. The lowest BCUT2D eigenvalue weighted by atomic mass is 9.99. The zero-order valence-electron chi connectivity index (χ0n) is 10.4. The van der Waals surface area contributed by atoms with Crippen LogP contribution in [0.3, 0.4) is 0 Å². The van der Waals surface area contributed by atoms with Crippen molar-refractivity contribution in [3.8, 4) is 0 Å². The lowest BCUT2D eigenvalue weighted by Gasteiger charge is -2.07. The zero-order valence-corrected chi connectivity index (χ0v) is 10.4. The molecule has 2 aromatic heterocycles. The van der Waals surface area contributed by atoms with Gasteiger partial charge < -0.3 is 10.6 Å². The molecular formula is C10H15BN6. The second-order valence-corrected chi connectivity index (χ2v) is 3.87. The Labute approximate surface area is 101 Å². The molecule has 2 rings (SSSR count). The van der Waals surface area contributed by atoms with E-state index in [1.165, 1.54) is 0 Å². The van der Waals surface area contributed by atoms with E-state index in [0.29, 0.717) is 5.95 Å². The average Bonchev–Trinajstić information content (AvgIpc) is 2.63. The zero-order chi connectivity index (χ0) is 12.4. The molecule has 0 saturated carbocycles. The fraction of sp³-hybridized carbons (Fsp3) is 0.300. The fourth-order valence-corrected chi connectivity index (χ4v) is 1.50. The predicted molar refractivity (Wildman–Crippen MR) is 71.0 cm³/mol. The van der Waals surface area contributed by atoms with Crippen LogP contribution in [0.15, 0.2) is 12.4 Å². The van der Waals surface area contributed by atoms with Gasteiger partial charge in [-0.15, -0.1) is 0 Å². The van der Waals surface area contributed by atoms with Gasteiger partial charge in [0.2, 0.25) is 5.95 Å². The van der Waals surface area contributed by atoms with E-state index in [9.17, 15) is 0 Å². The summed E-state index contributed by atoms with van der Waals surface area (Å²) in [7, 11) is 5.70. The molecule has 0 fully saturated rings. The Bertz CT molecular complexity index is 536. The van der Waals surface area contributed by atoms with Crippen LogP contribution in [0.1, 0.15) is 5.69 Å². The van der Waals surface area contributed by atoms with Gasteiger partial charge in [-0.05, 0) is 12.4 Å². The van der Waals surface area contributed by atoms with Crippen LogP contribution < -0.4 is 16.1 Å². The third-order valence-corrected chi connectivity index (χ3v) is 2.69. The molecule has 6 nitrogen and oxygen atoms in total. The van der Waals surface area contributed by atoms with Gasteiger partial charge in [0.05, 0.1) is 17.6 Å². The normalized spacial score (nSPS) is 10.3. The van der Waals surface area contributed by atoms with E-state index >= 15 is 0 Å². The van der Waals surface area contributed by atoms with Gasteiger partial charge in [0.1, 0.15) is 13.7 Å². The van der Waals surface area contributed by atoms with Crippen LogP contribution in [-0.2, 0) is 7.05 Å². The third kappa shape index (κ3) is 2.22. The summed E-state index contributed by atoms with van der Waals surface area (Å²) in [4.78, 5) is 8.60. The minimum Gasteiger partial charge on any atom is -0.373 e. The number of hydrogen-bond acceptors (Lipinski definition) is 5. The highest BCUT2D eigenvalue weighted by atomic mass is 15.3. The van der Waals surface area contributed by atoms with Gasteiger partial charge in [0.25, 0.3) is 0 Å². The Balaban J connectivity index is 2.27. The molecule has 0 saturated heterocycles. The van der Waals surface area contributed by atoms with Crippen LogP contribution in [0, 0.1) is 6.92 Å². The van der Waals surface area contributed by atoms with E-state index in [0.717, 1.165) is 22.7 Å².